The Balaban J connectivity index is 1.75. The Morgan fingerprint density at radius 1 is 0.917 bits per heavy atom. The summed E-state index contributed by atoms with van der Waals surface area (Å²) >= 11 is 12.1. The van der Waals surface area contributed by atoms with Gasteiger partial charge in [0.25, 0.3) is 0 Å². The SMILES string of the molecule is Cc1cccc(S(=O)(=O)N2CCN(c3cc(Cl)cc(Cl)c3)CC2)c1. The third-order valence-electron chi connectivity index (χ3n) is 4.08. The molecule has 1 heterocycles. The second-order valence-corrected chi connectivity index (χ2v) is 8.65. The predicted molar refractivity (Wildman–Crippen MR) is 98.6 cm³/mol. The maximum Gasteiger partial charge on any atom is 0.243 e. The van der Waals surface area contributed by atoms with Gasteiger partial charge in [-0.2, -0.15) is 4.31 Å². The summed E-state index contributed by atoms with van der Waals surface area (Å²) in [5.74, 6) is 0. The number of rotatable bonds is 3. The molecule has 1 saturated heterocycles. The minimum Gasteiger partial charge on any atom is -0.369 e. The second-order valence-electron chi connectivity index (χ2n) is 5.84. The third kappa shape index (κ3) is 3.70. The summed E-state index contributed by atoms with van der Waals surface area (Å²) in [6, 6.07) is 12.4. The fourth-order valence-corrected chi connectivity index (χ4v) is 4.88. The number of aryl methyl sites for hydroxylation is 1. The van der Waals surface area contributed by atoms with Crippen LogP contribution in [0.3, 0.4) is 0 Å². The lowest BCUT2D eigenvalue weighted by molar-refractivity contribution is 0.385. The summed E-state index contributed by atoms with van der Waals surface area (Å²) in [7, 11) is -3.45. The van der Waals surface area contributed by atoms with Crippen molar-refractivity contribution in [2.24, 2.45) is 0 Å². The van der Waals surface area contributed by atoms with E-state index in [9.17, 15) is 8.42 Å². The normalized spacial score (nSPS) is 16.4. The molecule has 7 heteroatoms. The van der Waals surface area contributed by atoms with Crippen molar-refractivity contribution >= 4 is 38.9 Å². The highest BCUT2D eigenvalue weighted by molar-refractivity contribution is 7.89. The molecule has 0 amide bonds. The molecule has 0 radical (unpaired) electrons. The van der Waals surface area contributed by atoms with Gasteiger partial charge in [-0.25, -0.2) is 8.42 Å². The van der Waals surface area contributed by atoms with E-state index >= 15 is 0 Å². The van der Waals surface area contributed by atoms with Gasteiger partial charge in [-0.3, -0.25) is 0 Å². The Hall–Kier alpha value is -1.27. The van der Waals surface area contributed by atoms with E-state index in [-0.39, 0.29) is 0 Å². The predicted octanol–water partition coefficient (Wildman–Crippen LogP) is 3.81. The molecule has 1 aliphatic rings. The highest BCUT2D eigenvalue weighted by Crippen LogP contribution is 2.27. The molecule has 0 saturated carbocycles. The average molecular weight is 385 g/mol. The largest absolute Gasteiger partial charge is 0.369 e. The van der Waals surface area contributed by atoms with Crippen LogP contribution in [0.4, 0.5) is 5.69 Å². The number of benzene rings is 2. The zero-order valence-electron chi connectivity index (χ0n) is 13.2. The summed E-state index contributed by atoms with van der Waals surface area (Å²) in [5.41, 5.74) is 1.85. The van der Waals surface area contributed by atoms with Gasteiger partial charge in [0.2, 0.25) is 10.0 Å². The Labute approximate surface area is 152 Å². The van der Waals surface area contributed by atoms with Crippen LogP contribution in [0, 0.1) is 6.92 Å². The Bertz CT molecular complexity index is 827. The third-order valence-corrected chi connectivity index (χ3v) is 6.41. The Morgan fingerprint density at radius 3 is 2.12 bits per heavy atom. The topological polar surface area (TPSA) is 40.6 Å². The molecule has 0 unspecified atom stereocenters. The summed E-state index contributed by atoms with van der Waals surface area (Å²) in [5, 5.41) is 1.15. The number of sulfonamides is 1. The molecule has 24 heavy (non-hydrogen) atoms. The summed E-state index contributed by atoms with van der Waals surface area (Å²) in [6.45, 7) is 3.95. The average Bonchev–Trinajstić information content (AvgIpc) is 2.54. The molecule has 1 aliphatic heterocycles. The first kappa shape index (κ1) is 17.5. The van der Waals surface area contributed by atoms with Gasteiger partial charge in [-0.05, 0) is 42.8 Å². The molecule has 1 fully saturated rings. The van der Waals surface area contributed by atoms with Crippen LogP contribution < -0.4 is 4.90 Å². The molecule has 0 spiro atoms. The van der Waals surface area contributed by atoms with Crippen molar-refractivity contribution in [1.82, 2.24) is 4.31 Å². The van der Waals surface area contributed by atoms with Crippen LogP contribution in [0.5, 0.6) is 0 Å². The lowest BCUT2D eigenvalue weighted by Crippen LogP contribution is -2.48. The monoisotopic (exact) mass is 384 g/mol. The smallest absolute Gasteiger partial charge is 0.243 e. The van der Waals surface area contributed by atoms with Crippen LogP contribution in [0.1, 0.15) is 5.56 Å². The minimum absolute atomic E-state index is 0.349. The second kappa shape index (κ2) is 6.92. The fraction of sp³-hybridized carbons (Fsp3) is 0.294. The van der Waals surface area contributed by atoms with E-state index in [1.165, 1.54) is 4.31 Å². The molecule has 0 N–H and O–H groups in total. The van der Waals surface area contributed by atoms with Gasteiger partial charge in [0, 0.05) is 41.9 Å². The number of anilines is 1. The Kier molecular flexibility index (Phi) is 5.06. The number of piperazine rings is 1. The lowest BCUT2D eigenvalue weighted by atomic mass is 10.2. The Morgan fingerprint density at radius 2 is 1.54 bits per heavy atom. The van der Waals surface area contributed by atoms with Crippen molar-refractivity contribution in [3.63, 3.8) is 0 Å². The van der Waals surface area contributed by atoms with Crippen LogP contribution in [0.25, 0.3) is 0 Å². The number of nitrogens with zero attached hydrogens (tertiary/aromatic N) is 2. The van der Waals surface area contributed by atoms with E-state index in [2.05, 4.69) is 4.90 Å². The highest BCUT2D eigenvalue weighted by Gasteiger charge is 2.28. The molecular formula is C17H18Cl2N2O2S. The standard InChI is InChI=1S/C17H18Cl2N2O2S/c1-13-3-2-4-17(9-13)24(22,23)21-7-5-20(6-8-21)16-11-14(18)10-15(19)12-16/h2-4,9-12H,5-8H2,1H3. The van der Waals surface area contributed by atoms with Crippen LogP contribution in [0.2, 0.25) is 10.0 Å². The molecule has 128 valence electrons. The van der Waals surface area contributed by atoms with Crippen molar-refractivity contribution in [2.75, 3.05) is 31.1 Å². The first-order valence-electron chi connectivity index (χ1n) is 7.64. The maximum absolute atomic E-state index is 12.8. The van der Waals surface area contributed by atoms with Crippen LogP contribution in [-0.2, 0) is 10.0 Å². The minimum atomic E-state index is -3.45. The molecule has 0 bridgehead atoms. The van der Waals surface area contributed by atoms with E-state index in [4.69, 9.17) is 23.2 Å². The van der Waals surface area contributed by atoms with E-state index in [0.29, 0.717) is 41.1 Å². The van der Waals surface area contributed by atoms with Gasteiger partial charge in [0.15, 0.2) is 0 Å². The molecule has 0 atom stereocenters. The van der Waals surface area contributed by atoms with E-state index in [1.54, 1.807) is 24.3 Å². The van der Waals surface area contributed by atoms with Gasteiger partial charge in [-0.15, -0.1) is 0 Å². The molecule has 0 aromatic heterocycles. The first-order chi connectivity index (χ1) is 11.4. The molecule has 3 rings (SSSR count). The zero-order valence-corrected chi connectivity index (χ0v) is 15.6. The quantitative estimate of drug-likeness (QED) is 0.807. The van der Waals surface area contributed by atoms with Gasteiger partial charge < -0.3 is 4.90 Å². The van der Waals surface area contributed by atoms with E-state index in [0.717, 1.165) is 11.3 Å². The van der Waals surface area contributed by atoms with Crippen molar-refractivity contribution in [3.05, 3.63) is 58.1 Å². The maximum atomic E-state index is 12.8. The summed E-state index contributed by atoms with van der Waals surface area (Å²) < 4.78 is 27.0. The first-order valence-corrected chi connectivity index (χ1v) is 9.84. The van der Waals surface area contributed by atoms with Crippen molar-refractivity contribution in [2.45, 2.75) is 11.8 Å². The number of halogens is 2. The lowest BCUT2D eigenvalue weighted by Gasteiger charge is -2.35. The zero-order chi connectivity index (χ0) is 17.3. The van der Waals surface area contributed by atoms with E-state index in [1.807, 2.05) is 25.1 Å². The van der Waals surface area contributed by atoms with Crippen LogP contribution in [-0.4, -0.2) is 38.9 Å². The number of hydrogen-bond donors (Lipinski definition) is 0. The van der Waals surface area contributed by atoms with E-state index < -0.39 is 10.0 Å². The molecule has 0 aliphatic carbocycles. The molecule has 2 aromatic rings. The molecular weight excluding hydrogens is 367 g/mol. The van der Waals surface area contributed by atoms with Crippen LogP contribution in [0.15, 0.2) is 47.4 Å². The van der Waals surface area contributed by atoms with Crippen molar-refractivity contribution in [1.29, 1.82) is 0 Å². The van der Waals surface area contributed by atoms with Crippen molar-refractivity contribution < 1.29 is 8.42 Å². The summed E-state index contributed by atoms with van der Waals surface area (Å²) in [6.07, 6.45) is 0. The summed E-state index contributed by atoms with van der Waals surface area (Å²) in [4.78, 5) is 2.45. The number of hydrogen-bond acceptors (Lipinski definition) is 3. The molecule has 4 nitrogen and oxygen atoms in total. The van der Waals surface area contributed by atoms with Gasteiger partial charge >= 0.3 is 0 Å². The van der Waals surface area contributed by atoms with Crippen molar-refractivity contribution in [3.8, 4) is 0 Å². The molecule has 2 aromatic carbocycles. The van der Waals surface area contributed by atoms with Crippen LogP contribution >= 0.6 is 23.2 Å². The van der Waals surface area contributed by atoms with Gasteiger partial charge in [0.1, 0.15) is 0 Å². The fourth-order valence-electron chi connectivity index (χ4n) is 2.83. The van der Waals surface area contributed by atoms with Gasteiger partial charge in [-0.1, -0.05) is 35.3 Å². The van der Waals surface area contributed by atoms with Gasteiger partial charge in [0.05, 0.1) is 4.90 Å². The highest BCUT2D eigenvalue weighted by atomic mass is 35.5.